The van der Waals surface area contributed by atoms with Crippen LogP contribution >= 0.6 is 0 Å². The molecule has 0 aliphatic carbocycles. The molecule has 33 heavy (non-hydrogen) atoms. The Morgan fingerprint density at radius 1 is 0.970 bits per heavy atom. The molecule has 4 aromatic rings. The Morgan fingerprint density at radius 2 is 1.82 bits per heavy atom. The highest BCUT2D eigenvalue weighted by atomic mass is 16.6. The second-order valence-corrected chi connectivity index (χ2v) is 8.31. The lowest BCUT2D eigenvalue weighted by Gasteiger charge is -2.29. The smallest absolute Gasteiger partial charge is 0.164 e. The van der Waals surface area contributed by atoms with Gasteiger partial charge in [-0.05, 0) is 19.1 Å². The first-order chi connectivity index (χ1) is 16.3. The summed E-state index contributed by atoms with van der Waals surface area (Å²) in [5.41, 5.74) is 4.05. The molecule has 6 rings (SSSR count). The standard InChI is InChI=1S/C24H26N6O3/c1-16-12-20(18-14-25-19-5-3-2-4-17(18)19)28-30(16)23-13-22(29-6-8-31-9-7-29)26-24(27-23)21-15-32-10-11-33-21/h2-5,12-14,21,25H,6-11,15H2,1H3/t21-/m1/s1. The molecule has 9 nitrogen and oxygen atoms in total. The molecule has 2 aliphatic rings. The summed E-state index contributed by atoms with van der Waals surface area (Å²) in [6.07, 6.45) is 1.72. The highest BCUT2D eigenvalue weighted by molar-refractivity contribution is 5.94. The number of hydrogen-bond donors (Lipinski definition) is 1. The van der Waals surface area contributed by atoms with E-state index in [9.17, 15) is 0 Å². The minimum atomic E-state index is -0.289. The topological polar surface area (TPSA) is 90.3 Å². The third-order valence-corrected chi connectivity index (χ3v) is 6.13. The van der Waals surface area contributed by atoms with Gasteiger partial charge >= 0.3 is 0 Å². The van der Waals surface area contributed by atoms with Gasteiger partial charge in [0.25, 0.3) is 0 Å². The summed E-state index contributed by atoms with van der Waals surface area (Å²) >= 11 is 0. The van der Waals surface area contributed by atoms with E-state index >= 15 is 0 Å². The summed E-state index contributed by atoms with van der Waals surface area (Å²) in [5.74, 6) is 2.20. The van der Waals surface area contributed by atoms with Crippen molar-refractivity contribution in [3.63, 3.8) is 0 Å². The van der Waals surface area contributed by atoms with E-state index in [0.717, 1.165) is 52.6 Å². The van der Waals surface area contributed by atoms with Crippen LogP contribution < -0.4 is 4.90 Å². The van der Waals surface area contributed by atoms with E-state index in [-0.39, 0.29) is 6.10 Å². The van der Waals surface area contributed by atoms with Crippen molar-refractivity contribution in [2.24, 2.45) is 0 Å². The minimum Gasteiger partial charge on any atom is -0.378 e. The monoisotopic (exact) mass is 446 g/mol. The zero-order valence-electron chi connectivity index (χ0n) is 18.5. The number of anilines is 1. The SMILES string of the molecule is Cc1cc(-c2c[nH]c3ccccc23)nn1-c1cc(N2CCOCC2)nc([C@H]2COCCO2)n1. The molecule has 0 radical (unpaired) electrons. The first-order valence-corrected chi connectivity index (χ1v) is 11.3. The van der Waals surface area contributed by atoms with Gasteiger partial charge in [-0.25, -0.2) is 14.6 Å². The molecule has 0 spiro atoms. The number of H-pyrrole nitrogens is 1. The highest BCUT2D eigenvalue weighted by Crippen LogP contribution is 2.30. The maximum atomic E-state index is 5.91. The van der Waals surface area contributed by atoms with Crippen molar-refractivity contribution in [1.29, 1.82) is 0 Å². The average Bonchev–Trinajstić information content (AvgIpc) is 3.48. The molecule has 0 amide bonds. The summed E-state index contributed by atoms with van der Waals surface area (Å²) < 4.78 is 18.9. The van der Waals surface area contributed by atoms with E-state index in [2.05, 4.69) is 28.1 Å². The Balaban J connectivity index is 1.43. The molecule has 170 valence electrons. The Hall–Kier alpha value is -3.27. The summed E-state index contributed by atoms with van der Waals surface area (Å²) in [6.45, 7) is 6.57. The van der Waals surface area contributed by atoms with Gasteiger partial charge in [-0.1, -0.05) is 18.2 Å². The second kappa shape index (κ2) is 8.58. The van der Waals surface area contributed by atoms with Gasteiger partial charge in [0.15, 0.2) is 11.6 Å². The number of para-hydroxylation sites is 1. The van der Waals surface area contributed by atoms with Gasteiger partial charge in [-0.15, -0.1) is 0 Å². The molecule has 2 saturated heterocycles. The zero-order chi connectivity index (χ0) is 22.2. The molecule has 2 aliphatic heterocycles. The third-order valence-electron chi connectivity index (χ3n) is 6.13. The Labute approximate surface area is 191 Å². The van der Waals surface area contributed by atoms with Gasteiger partial charge in [0.1, 0.15) is 11.9 Å². The molecule has 9 heteroatoms. The minimum absolute atomic E-state index is 0.289. The normalized spacial score (nSPS) is 19.3. The fourth-order valence-corrected chi connectivity index (χ4v) is 4.40. The van der Waals surface area contributed by atoms with Crippen molar-refractivity contribution in [2.75, 3.05) is 51.0 Å². The Kier molecular flexibility index (Phi) is 5.29. The molecular formula is C24H26N6O3. The lowest BCUT2D eigenvalue weighted by molar-refractivity contribution is -0.0935. The Bertz CT molecular complexity index is 1230. The predicted molar refractivity (Wildman–Crippen MR) is 124 cm³/mol. The molecule has 3 aromatic heterocycles. The number of morpholine rings is 1. The van der Waals surface area contributed by atoms with Gasteiger partial charge in [0.05, 0.1) is 38.7 Å². The van der Waals surface area contributed by atoms with Crippen LogP contribution in [0.25, 0.3) is 28.0 Å². The largest absolute Gasteiger partial charge is 0.378 e. The molecule has 0 bridgehead atoms. The number of ether oxygens (including phenoxy) is 3. The van der Waals surface area contributed by atoms with E-state index in [0.29, 0.717) is 38.9 Å². The highest BCUT2D eigenvalue weighted by Gasteiger charge is 2.24. The van der Waals surface area contributed by atoms with E-state index in [1.165, 1.54) is 0 Å². The maximum Gasteiger partial charge on any atom is 0.164 e. The predicted octanol–water partition coefficient (Wildman–Crippen LogP) is 3.04. The van der Waals surface area contributed by atoms with E-state index in [1.807, 2.05) is 36.0 Å². The third kappa shape index (κ3) is 3.88. The summed E-state index contributed by atoms with van der Waals surface area (Å²) in [7, 11) is 0. The van der Waals surface area contributed by atoms with Crippen LogP contribution in [0, 0.1) is 6.92 Å². The zero-order valence-corrected chi connectivity index (χ0v) is 18.5. The van der Waals surface area contributed by atoms with Crippen molar-refractivity contribution in [1.82, 2.24) is 24.7 Å². The molecule has 2 fully saturated rings. The number of fused-ring (bicyclic) bond motifs is 1. The van der Waals surface area contributed by atoms with Crippen LogP contribution in [0.15, 0.2) is 42.6 Å². The number of aromatic amines is 1. The van der Waals surface area contributed by atoms with Crippen molar-refractivity contribution in [3.05, 3.63) is 54.1 Å². The van der Waals surface area contributed by atoms with Crippen molar-refractivity contribution >= 4 is 16.7 Å². The number of nitrogens with one attached hydrogen (secondary N) is 1. The molecule has 1 atom stereocenters. The average molecular weight is 447 g/mol. The van der Waals surface area contributed by atoms with Gasteiger partial charge in [-0.3, -0.25) is 0 Å². The van der Waals surface area contributed by atoms with Gasteiger partial charge in [0.2, 0.25) is 0 Å². The Morgan fingerprint density at radius 3 is 2.67 bits per heavy atom. The molecule has 0 unspecified atom stereocenters. The first kappa shape index (κ1) is 20.3. The number of aryl methyl sites for hydroxylation is 1. The fraction of sp³-hybridized carbons (Fsp3) is 0.375. The summed E-state index contributed by atoms with van der Waals surface area (Å²) in [4.78, 5) is 15.3. The van der Waals surface area contributed by atoms with Crippen LogP contribution in [-0.4, -0.2) is 70.9 Å². The summed E-state index contributed by atoms with van der Waals surface area (Å²) in [6, 6.07) is 12.3. The maximum absolute atomic E-state index is 5.91. The van der Waals surface area contributed by atoms with Crippen molar-refractivity contribution in [2.45, 2.75) is 13.0 Å². The lowest BCUT2D eigenvalue weighted by Crippen LogP contribution is -2.37. The van der Waals surface area contributed by atoms with Gasteiger partial charge in [-0.2, -0.15) is 5.10 Å². The van der Waals surface area contributed by atoms with Crippen LogP contribution in [0.2, 0.25) is 0 Å². The van der Waals surface area contributed by atoms with E-state index < -0.39 is 0 Å². The molecule has 1 aromatic carbocycles. The number of hydrogen-bond acceptors (Lipinski definition) is 7. The fourth-order valence-electron chi connectivity index (χ4n) is 4.40. The van der Waals surface area contributed by atoms with E-state index in [1.54, 1.807) is 0 Å². The quantitative estimate of drug-likeness (QED) is 0.515. The van der Waals surface area contributed by atoms with Crippen LogP contribution in [0.5, 0.6) is 0 Å². The molecule has 1 N–H and O–H groups in total. The van der Waals surface area contributed by atoms with Crippen LogP contribution in [0.1, 0.15) is 17.6 Å². The van der Waals surface area contributed by atoms with Crippen molar-refractivity contribution < 1.29 is 14.2 Å². The van der Waals surface area contributed by atoms with Gasteiger partial charge in [0, 0.05) is 47.5 Å². The molecule has 5 heterocycles. The first-order valence-electron chi connectivity index (χ1n) is 11.3. The van der Waals surface area contributed by atoms with Crippen LogP contribution in [0.3, 0.4) is 0 Å². The van der Waals surface area contributed by atoms with Crippen LogP contribution in [0.4, 0.5) is 5.82 Å². The second-order valence-electron chi connectivity index (χ2n) is 8.31. The van der Waals surface area contributed by atoms with Gasteiger partial charge < -0.3 is 24.1 Å². The molecule has 0 saturated carbocycles. The van der Waals surface area contributed by atoms with E-state index in [4.69, 9.17) is 29.3 Å². The summed E-state index contributed by atoms with van der Waals surface area (Å²) in [5, 5.41) is 6.08. The molecular weight excluding hydrogens is 420 g/mol. The number of rotatable bonds is 4. The number of aromatic nitrogens is 5. The van der Waals surface area contributed by atoms with Crippen molar-refractivity contribution in [3.8, 4) is 17.1 Å². The van der Waals surface area contributed by atoms with Crippen LogP contribution in [-0.2, 0) is 14.2 Å². The lowest BCUT2D eigenvalue weighted by atomic mass is 10.1. The number of nitrogens with zero attached hydrogens (tertiary/aromatic N) is 5. The number of benzene rings is 1.